The van der Waals surface area contributed by atoms with E-state index in [1.165, 1.54) is 6.08 Å². The van der Waals surface area contributed by atoms with Crippen LogP contribution in [-0.2, 0) is 4.79 Å². The first kappa shape index (κ1) is 7.79. The Bertz CT molecular complexity index is 446. The van der Waals surface area contributed by atoms with E-state index in [1.807, 2.05) is 0 Å². The molecule has 0 spiro atoms. The average Bonchev–Trinajstić information content (AvgIpc) is 2.20. The first-order chi connectivity index (χ1) is 6.25. The van der Waals surface area contributed by atoms with Gasteiger partial charge in [0.25, 0.3) is 6.54 Å². The zero-order valence-electron chi connectivity index (χ0n) is 6.80. The molecule has 0 atom stereocenters. The molecule has 64 valence electrons. The zero-order chi connectivity index (χ0) is 9.26. The lowest BCUT2D eigenvalue weighted by Crippen LogP contribution is -2.24. The number of ketones is 1. The fraction of sp³-hybridized carbons (Fsp3) is 0.111. The van der Waals surface area contributed by atoms with Crippen molar-refractivity contribution in [1.82, 2.24) is 0 Å². The quantitative estimate of drug-likeness (QED) is 0.492. The van der Waals surface area contributed by atoms with Crippen molar-refractivity contribution in [2.75, 3.05) is 6.54 Å². The molecule has 0 fully saturated rings. The van der Waals surface area contributed by atoms with Gasteiger partial charge >= 0.3 is 0 Å². The first-order valence-electron chi connectivity index (χ1n) is 3.88. The number of rotatable bonds is 0. The van der Waals surface area contributed by atoms with Gasteiger partial charge in [-0.1, -0.05) is 18.2 Å². The molecule has 0 amide bonds. The minimum Gasteiger partial charge on any atom is -0.287 e. The average molecular weight is 175 g/mol. The molecule has 0 radical (unpaired) electrons. The van der Waals surface area contributed by atoms with E-state index in [1.54, 1.807) is 24.3 Å². The lowest BCUT2D eigenvalue weighted by atomic mass is 10.2. The fourth-order valence-corrected chi connectivity index (χ4v) is 1.21. The lowest BCUT2D eigenvalue weighted by Gasteiger charge is -1.80. The summed E-state index contributed by atoms with van der Waals surface area (Å²) in [5.74, 6) is -0.219. The first-order valence-corrected chi connectivity index (χ1v) is 3.88. The van der Waals surface area contributed by atoms with Crippen LogP contribution in [0.3, 0.4) is 0 Å². The molecular weight excluding hydrogens is 168 g/mol. The third-order valence-electron chi connectivity index (χ3n) is 1.76. The summed E-state index contributed by atoms with van der Waals surface area (Å²) in [7, 11) is 0. The van der Waals surface area contributed by atoms with E-state index < -0.39 is 0 Å². The Kier molecular flexibility index (Phi) is 1.73. The molecule has 1 aromatic carbocycles. The van der Waals surface area contributed by atoms with E-state index in [-0.39, 0.29) is 12.3 Å². The lowest BCUT2D eigenvalue weighted by molar-refractivity contribution is -0.546. The number of benzene rings is 1. The smallest absolute Gasteiger partial charge is 0.287 e. The third kappa shape index (κ3) is 1.51. The van der Waals surface area contributed by atoms with Crippen molar-refractivity contribution >= 4 is 11.9 Å². The van der Waals surface area contributed by atoms with Crippen LogP contribution in [0.15, 0.2) is 29.4 Å². The second-order valence-electron chi connectivity index (χ2n) is 2.78. The topological polar surface area (TPSA) is 49.5 Å². The van der Waals surface area contributed by atoms with Crippen LogP contribution in [0, 0.1) is 4.91 Å². The molecule has 0 N–H and O–H groups in total. The minimum atomic E-state index is -0.219. The van der Waals surface area contributed by atoms with Gasteiger partial charge in [0.2, 0.25) is 5.78 Å². The summed E-state index contributed by atoms with van der Waals surface area (Å²) < 4.78 is 0. The monoisotopic (exact) mass is 175 g/mol. The predicted molar refractivity (Wildman–Crippen MR) is 45.2 cm³/mol. The SMILES string of the molecule is O=C1C=c2ccccc2=N[N+](=O)C1. The van der Waals surface area contributed by atoms with Crippen molar-refractivity contribution in [2.24, 2.45) is 5.10 Å². The fourth-order valence-electron chi connectivity index (χ4n) is 1.21. The Labute approximate surface area is 73.8 Å². The highest BCUT2D eigenvalue weighted by atomic mass is 16.3. The number of hydrogen-bond donors (Lipinski definition) is 0. The molecule has 13 heavy (non-hydrogen) atoms. The minimum absolute atomic E-state index is 0.200. The van der Waals surface area contributed by atoms with Crippen LogP contribution >= 0.6 is 0 Å². The highest BCUT2D eigenvalue weighted by Gasteiger charge is 2.15. The molecule has 2 rings (SSSR count). The maximum atomic E-state index is 11.1. The van der Waals surface area contributed by atoms with Gasteiger partial charge in [-0.25, -0.2) is 0 Å². The number of nitrogens with zero attached hydrogens (tertiary/aromatic N) is 2. The predicted octanol–water partition coefficient (Wildman–Crippen LogP) is -0.637. The van der Waals surface area contributed by atoms with Gasteiger partial charge in [0.15, 0.2) is 4.87 Å². The molecule has 0 saturated heterocycles. The molecule has 0 saturated carbocycles. The zero-order valence-corrected chi connectivity index (χ0v) is 6.80. The number of carbonyl (C=O) groups excluding carboxylic acids is 1. The van der Waals surface area contributed by atoms with E-state index >= 15 is 0 Å². The molecular formula is C9H7N2O2+. The molecule has 1 aromatic rings. The van der Waals surface area contributed by atoms with E-state index in [0.29, 0.717) is 15.4 Å². The second kappa shape index (κ2) is 2.90. The molecule has 0 aromatic heterocycles. The number of carbonyl (C=O) groups is 1. The molecule has 1 aliphatic heterocycles. The van der Waals surface area contributed by atoms with Crippen LogP contribution < -0.4 is 10.6 Å². The highest BCUT2D eigenvalue weighted by molar-refractivity contribution is 6.06. The Morgan fingerprint density at radius 1 is 1.31 bits per heavy atom. The number of nitroso groups, excluding NO2 is 1. The summed E-state index contributed by atoms with van der Waals surface area (Å²) in [6.07, 6.45) is 1.44. The summed E-state index contributed by atoms with van der Waals surface area (Å²) >= 11 is 0. The largest absolute Gasteiger partial charge is 0.289 e. The van der Waals surface area contributed by atoms with Gasteiger partial charge in [0, 0.05) is 5.22 Å². The summed E-state index contributed by atoms with van der Waals surface area (Å²) in [5.41, 5.74) is 0. The van der Waals surface area contributed by atoms with Crippen molar-refractivity contribution in [1.29, 1.82) is 0 Å². The molecule has 4 heteroatoms. The summed E-state index contributed by atoms with van der Waals surface area (Å²) in [5, 5.41) is 4.96. The van der Waals surface area contributed by atoms with Crippen molar-refractivity contribution in [2.45, 2.75) is 0 Å². The maximum absolute atomic E-state index is 11.1. The molecule has 0 bridgehead atoms. The number of Topliss-reactive ketones (excluding diaryl/α,β-unsaturated/α-hetero) is 1. The van der Waals surface area contributed by atoms with Gasteiger partial charge in [-0.3, -0.25) is 4.79 Å². The van der Waals surface area contributed by atoms with E-state index in [9.17, 15) is 9.70 Å². The Morgan fingerprint density at radius 2 is 2.08 bits per heavy atom. The van der Waals surface area contributed by atoms with Crippen molar-refractivity contribution in [3.05, 3.63) is 39.7 Å². The molecule has 4 nitrogen and oxygen atoms in total. The van der Waals surface area contributed by atoms with Crippen molar-refractivity contribution in [3.8, 4) is 0 Å². The van der Waals surface area contributed by atoms with Crippen molar-refractivity contribution in [3.63, 3.8) is 0 Å². The van der Waals surface area contributed by atoms with Crippen LogP contribution in [0.25, 0.3) is 6.08 Å². The van der Waals surface area contributed by atoms with Crippen LogP contribution in [0.2, 0.25) is 0 Å². The summed E-state index contributed by atoms with van der Waals surface area (Å²) in [4.78, 5) is 22.5. The van der Waals surface area contributed by atoms with Gasteiger partial charge in [-0.2, -0.15) is 0 Å². The van der Waals surface area contributed by atoms with Gasteiger partial charge < -0.3 is 0 Å². The normalized spacial score (nSPS) is 15.4. The summed E-state index contributed by atoms with van der Waals surface area (Å²) in [6.45, 7) is -0.200. The van der Waals surface area contributed by atoms with Crippen molar-refractivity contribution < 1.29 is 9.66 Å². The number of fused-ring (bicyclic) bond motifs is 1. The Hall–Kier alpha value is -1.84. The molecule has 1 heterocycles. The molecule has 0 unspecified atom stereocenters. The van der Waals surface area contributed by atoms with Gasteiger partial charge in [-0.05, 0) is 12.1 Å². The Morgan fingerprint density at radius 3 is 2.92 bits per heavy atom. The standard InChI is InChI=1S/C9H7N2O2/c12-8-5-7-3-1-2-4-9(7)10-11(13)6-8/h1-5H,6H2/q+1. The van der Waals surface area contributed by atoms with Gasteiger partial charge in [-0.15, -0.1) is 0 Å². The van der Waals surface area contributed by atoms with Crippen LogP contribution in [0.4, 0.5) is 0 Å². The Balaban J connectivity index is 2.82. The third-order valence-corrected chi connectivity index (χ3v) is 1.76. The van der Waals surface area contributed by atoms with Crippen LogP contribution in [-0.4, -0.2) is 17.2 Å². The van der Waals surface area contributed by atoms with Gasteiger partial charge in [0.1, 0.15) is 5.36 Å². The molecule has 0 aliphatic carbocycles. The highest BCUT2D eigenvalue weighted by Crippen LogP contribution is 1.83. The number of hydrogen-bond acceptors (Lipinski definition) is 2. The van der Waals surface area contributed by atoms with Gasteiger partial charge in [0.05, 0.1) is 10.0 Å². The van der Waals surface area contributed by atoms with Crippen LogP contribution in [0.5, 0.6) is 0 Å². The molecule has 1 aliphatic rings. The van der Waals surface area contributed by atoms with E-state index in [0.717, 1.165) is 0 Å². The van der Waals surface area contributed by atoms with Crippen LogP contribution in [0.1, 0.15) is 0 Å². The van der Waals surface area contributed by atoms with E-state index in [2.05, 4.69) is 5.10 Å². The maximum Gasteiger partial charge on any atom is 0.289 e. The second-order valence-corrected chi connectivity index (χ2v) is 2.78. The van der Waals surface area contributed by atoms with E-state index in [4.69, 9.17) is 0 Å². The summed E-state index contributed by atoms with van der Waals surface area (Å²) in [6, 6.07) is 7.05.